The fourth-order valence-corrected chi connectivity index (χ4v) is 2.65. The van der Waals surface area contributed by atoms with Gasteiger partial charge in [-0.3, -0.25) is 14.9 Å². The molecule has 1 fully saturated rings. The highest BCUT2D eigenvalue weighted by Crippen LogP contribution is 2.22. The Hall–Kier alpha value is -3.00. The molecule has 1 aromatic carbocycles. The number of nitrogens with zero attached hydrogens (tertiary/aromatic N) is 2. The third kappa shape index (κ3) is 4.34. The van der Waals surface area contributed by atoms with Crippen molar-refractivity contribution < 1.29 is 19.2 Å². The van der Waals surface area contributed by atoms with E-state index >= 15 is 0 Å². The standard InChI is InChI=1S/C18H19N3O5/c1-12-10-14(21(23)24)3-4-16(12)20-18(22)13-2-5-17(19-11-13)26-15-6-8-25-9-7-15/h2-5,10-11,15H,6-9H2,1H3,(H,20,22). The van der Waals surface area contributed by atoms with E-state index in [4.69, 9.17) is 9.47 Å². The van der Waals surface area contributed by atoms with Gasteiger partial charge in [-0.05, 0) is 24.6 Å². The molecule has 1 aliphatic heterocycles. The molecule has 1 saturated heterocycles. The number of amides is 1. The van der Waals surface area contributed by atoms with E-state index in [-0.39, 0.29) is 17.7 Å². The van der Waals surface area contributed by atoms with Gasteiger partial charge in [-0.1, -0.05) is 0 Å². The first-order chi connectivity index (χ1) is 12.5. The lowest BCUT2D eigenvalue weighted by Gasteiger charge is -2.22. The fraction of sp³-hybridized carbons (Fsp3) is 0.333. The molecule has 0 spiro atoms. The van der Waals surface area contributed by atoms with Crippen molar-refractivity contribution in [1.29, 1.82) is 0 Å². The summed E-state index contributed by atoms with van der Waals surface area (Å²) in [5, 5.41) is 13.5. The summed E-state index contributed by atoms with van der Waals surface area (Å²) in [6, 6.07) is 7.58. The van der Waals surface area contributed by atoms with Gasteiger partial charge in [0.05, 0.1) is 23.7 Å². The summed E-state index contributed by atoms with van der Waals surface area (Å²) in [4.78, 5) is 26.8. The Morgan fingerprint density at radius 2 is 2.08 bits per heavy atom. The molecule has 8 heteroatoms. The minimum absolute atomic E-state index is 0.0169. The smallest absolute Gasteiger partial charge is 0.269 e. The average Bonchev–Trinajstić information content (AvgIpc) is 2.64. The molecule has 1 aromatic heterocycles. The molecular formula is C18H19N3O5. The van der Waals surface area contributed by atoms with Crippen molar-refractivity contribution in [3.8, 4) is 5.88 Å². The van der Waals surface area contributed by atoms with Gasteiger partial charge in [0.15, 0.2) is 0 Å². The van der Waals surface area contributed by atoms with E-state index in [0.717, 1.165) is 12.8 Å². The van der Waals surface area contributed by atoms with Crippen molar-refractivity contribution in [3.63, 3.8) is 0 Å². The first-order valence-corrected chi connectivity index (χ1v) is 8.30. The van der Waals surface area contributed by atoms with Crippen LogP contribution in [0.5, 0.6) is 5.88 Å². The Kier molecular flexibility index (Phi) is 5.43. The van der Waals surface area contributed by atoms with Gasteiger partial charge in [0.2, 0.25) is 5.88 Å². The summed E-state index contributed by atoms with van der Waals surface area (Å²) >= 11 is 0. The maximum atomic E-state index is 12.3. The molecule has 0 aliphatic carbocycles. The number of hydrogen-bond donors (Lipinski definition) is 1. The normalized spacial score (nSPS) is 14.7. The fourth-order valence-electron chi connectivity index (χ4n) is 2.65. The van der Waals surface area contributed by atoms with Gasteiger partial charge in [0.25, 0.3) is 11.6 Å². The van der Waals surface area contributed by atoms with Gasteiger partial charge in [0.1, 0.15) is 6.10 Å². The molecule has 1 N–H and O–H groups in total. The van der Waals surface area contributed by atoms with Crippen LogP contribution in [0.3, 0.4) is 0 Å². The molecule has 26 heavy (non-hydrogen) atoms. The molecule has 8 nitrogen and oxygen atoms in total. The highest BCUT2D eigenvalue weighted by molar-refractivity contribution is 6.04. The summed E-state index contributed by atoms with van der Waals surface area (Å²) in [7, 11) is 0. The van der Waals surface area contributed by atoms with Crippen LogP contribution < -0.4 is 10.1 Å². The third-order valence-electron chi connectivity index (χ3n) is 4.12. The Labute approximate surface area is 150 Å². The van der Waals surface area contributed by atoms with E-state index < -0.39 is 4.92 Å². The maximum Gasteiger partial charge on any atom is 0.269 e. The number of rotatable bonds is 5. The minimum Gasteiger partial charge on any atom is -0.474 e. The summed E-state index contributed by atoms with van der Waals surface area (Å²) in [5.74, 6) is 0.132. The van der Waals surface area contributed by atoms with E-state index in [9.17, 15) is 14.9 Å². The van der Waals surface area contributed by atoms with E-state index in [0.29, 0.717) is 35.9 Å². The van der Waals surface area contributed by atoms with Gasteiger partial charge in [-0.25, -0.2) is 4.98 Å². The molecule has 3 rings (SSSR count). The van der Waals surface area contributed by atoms with Crippen molar-refractivity contribution in [2.75, 3.05) is 18.5 Å². The number of ether oxygens (including phenoxy) is 2. The van der Waals surface area contributed by atoms with Crippen LogP contribution in [-0.4, -0.2) is 35.1 Å². The molecule has 1 amide bonds. The molecule has 1 aliphatic rings. The third-order valence-corrected chi connectivity index (χ3v) is 4.12. The van der Waals surface area contributed by atoms with Crippen LogP contribution in [0, 0.1) is 17.0 Å². The minimum atomic E-state index is -0.473. The Balaban J connectivity index is 1.63. The van der Waals surface area contributed by atoms with Crippen LogP contribution in [-0.2, 0) is 4.74 Å². The number of nitro benzene ring substituents is 1. The van der Waals surface area contributed by atoms with Gasteiger partial charge >= 0.3 is 0 Å². The summed E-state index contributed by atoms with van der Waals surface area (Å²) < 4.78 is 11.1. The van der Waals surface area contributed by atoms with Crippen LogP contribution in [0.25, 0.3) is 0 Å². The van der Waals surface area contributed by atoms with Gasteiger partial charge in [-0.2, -0.15) is 0 Å². The molecule has 2 heterocycles. The summed E-state index contributed by atoms with van der Waals surface area (Å²) in [5.41, 5.74) is 1.49. The number of carbonyl (C=O) groups is 1. The van der Waals surface area contributed by atoms with Crippen molar-refractivity contribution in [2.24, 2.45) is 0 Å². The topological polar surface area (TPSA) is 104 Å². The second kappa shape index (κ2) is 7.92. The van der Waals surface area contributed by atoms with Crippen LogP contribution >= 0.6 is 0 Å². The number of hydrogen-bond acceptors (Lipinski definition) is 6. The maximum absolute atomic E-state index is 12.3. The zero-order valence-electron chi connectivity index (χ0n) is 14.3. The SMILES string of the molecule is Cc1cc([N+](=O)[O-])ccc1NC(=O)c1ccc(OC2CCOCC2)nc1. The zero-order valence-corrected chi connectivity index (χ0v) is 14.3. The molecule has 0 radical (unpaired) electrons. The molecule has 2 aromatic rings. The van der Waals surface area contributed by atoms with E-state index in [1.165, 1.54) is 24.4 Å². The van der Waals surface area contributed by atoms with Crippen molar-refractivity contribution in [1.82, 2.24) is 4.98 Å². The van der Waals surface area contributed by atoms with E-state index in [1.807, 2.05) is 0 Å². The van der Waals surface area contributed by atoms with Crippen molar-refractivity contribution in [2.45, 2.75) is 25.9 Å². The van der Waals surface area contributed by atoms with Crippen LogP contribution in [0.4, 0.5) is 11.4 Å². The molecule has 0 saturated carbocycles. The highest BCUT2D eigenvalue weighted by Gasteiger charge is 2.16. The molecule has 0 bridgehead atoms. The molecule has 136 valence electrons. The van der Waals surface area contributed by atoms with Crippen molar-refractivity contribution in [3.05, 3.63) is 57.8 Å². The van der Waals surface area contributed by atoms with Crippen LogP contribution in [0.15, 0.2) is 36.5 Å². The van der Waals surface area contributed by atoms with Gasteiger partial charge in [-0.15, -0.1) is 0 Å². The lowest BCUT2D eigenvalue weighted by Crippen LogP contribution is -2.26. The Morgan fingerprint density at radius 1 is 1.31 bits per heavy atom. The Morgan fingerprint density at radius 3 is 2.69 bits per heavy atom. The zero-order chi connectivity index (χ0) is 18.5. The average molecular weight is 357 g/mol. The predicted molar refractivity (Wildman–Crippen MR) is 94.5 cm³/mol. The highest BCUT2D eigenvalue weighted by atomic mass is 16.6. The lowest BCUT2D eigenvalue weighted by atomic mass is 10.1. The number of aromatic nitrogens is 1. The number of aryl methyl sites for hydroxylation is 1. The largest absolute Gasteiger partial charge is 0.474 e. The monoisotopic (exact) mass is 357 g/mol. The number of pyridine rings is 1. The predicted octanol–water partition coefficient (Wildman–Crippen LogP) is 3.11. The van der Waals surface area contributed by atoms with E-state index in [1.54, 1.807) is 19.1 Å². The Bertz CT molecular complexity index is 801. The quantitative estimate of drug-likeness (QED) is 0.651. The van der Waals surface area contributed by atoms with Gasteiger partial charge < -0.3 is 14.8 Å². The molecule has 0 unspecified atom stereocenters. The number of nitrogens with one attached hydrogen (secondary N) is 1. The second-order valence-corrected chi connectivity index (χ2v) is 6.03. The molecule has 0 atom stereocenters. The number of benzene rings is 1. The number of non-ortho nitro benzene ring substituents is 1. The number of carbonyl (C=O) groups excluding carboxylic acids is 1. The van der Waals surface area contributed by atoms with Gasteiger partial charge in [0, 0.05) is 42.9 Å². The lowest BCUT2D eigenvalue weighted by molar-refractivity contribution is -0.384. The summed E-state index contributed by atoms with van der Waals surface area (Å²) in [6.45, 7) is 3.06. The van der Waals surface area contributed by atoms with Crippen molar-refractivity contribution >= 4 is 17.3 Å². The number of anilines is 1. The number of nitro groups is 1. The summed E-state index contributed by atoms with van der Waals surface area (Å²) in [6.07, 6.45) is 3.18. The first kappa shape index (κ1) is 17.8. The second-order valence-electron chi connectivity index (χ2n) is 6.03. The van der Waals surface area contributed by atoms with E-state index in [2.05, 4.69) is 10.3 Å². The first-order valence-electron chi connectivity index (χ1n) is 8.30. The molecular weight excluding hydrogens is 338 g/mol. The van der Waals surface area contributed by atoms with Crippen LogP contribution in [0.2, 0.25) is 0 Å². The van der Waals surface area contributed by atoms with Crippen LogP contribution in [0.1, 0.15) is 28.8 Å².